The standard InChI is InChI=1S/C16H22N4/c1-4-10-17-16-18-11-9-15(20-16)19-13(3)14-8-6-5-7-12(14)2/h5-9,11,13H,4,10H2,1-3H3,(H2,17,18,19,20). The Morgan fingerprint density at radius 1 is 1.20 bits per heavy atom. The molecule has 2 aromatic rings. The maximum Gasteiger partial charge on any atom is 0.224 e. The van der Waals surface area contributed by atoms with Gasteiger partial charge in [-0.25, -0.2) is 4.98 Å². The first-order valence-electron chi connectivity index (χ1n) is 7.09. The van der Waals surface area contributed by atoms with Crippen molar-refractivity contribution in [1.29, 1.82) is 0 Å². The van der Waals surface area contributed by atoms with Gasteiger partial charge in [-0.1, -0.05) is 31.2 Å². The van der Waals surface area contributed by atoms with Gasteiger partial charge in [0, 0.05) is 12.7 Å². The topological polar surface area (TPSA) is 49.8 Å². The zero-order valence-electron chi connectivity index (χ0n) is 12.4. The Labute approximate surface area is 120 Å². The summed E-state index contributed by atoms with van der Waals surface area (Å²) in [4.78, 5) is 8.68. The van der Waals surface area contributed by atoms with Crippen molar-refractivity contribution in [3.05, 3.63) is 47.7 Å². The van der Waals surface area contributed by atoms with E-state index in [1.165, 1.54) is 11.1 Å². The summed E-state index contributed by atoms with van der Waals surface area (Å²) in [5.41, 5.74) is 2.57. The molecule has 0 amide bonds. The molecule has 1 aromatic heterocycles. The van der Waals surface area contributed by atoms with Crippen LogP contribution in [0.25, 0.3) is 0 Å². The predicted molar refractivity (Wildman–Crippen MR) is 84.0 cm³/mol. The average molecular weight is 270 g/mol. The van der Waals surface area contributed by atoms with Crippen LogP contribution in [0, 0.1) is 6.92 Å². The first kappa shape index (κ1) is 14.3. The Kier molecular flexibility index (Phi) is 4.93. The van der Waals surface area contributed by atoms with Crippen LogP contribution in [0.3, 0.4) is 0 Å². The van der Waals surface area contributed by atoms with Crippen molar-refractivity contribution in [3.63, 3.8) is 0 Å². The summed E-state index contributed by atoms with van der Waals surface area (Å²) < 4.78 is 0. The first-order chi connectivity index (χ1) is 9.70. The van der Waals surface area contributed by atoms with Gasteiger partial charge in [0.25, 0.3) is 0 Å². The molecular formula is C16H22N4. The van der Waals surface area contributed by atoms with Crippen LogP contribution in [-0.2, 0) is 0 Å². The molecule has 20 heavy (non-hydrogen) atoms. The molecule has 4 nitrogen and oxygen atoms in total. The summed E-state index contributed by atoms with van der Waals surface area (Å²) in [6.45, 7) is 7.28. The number of hydrogen-bond donors (Lipinski definition) is 2. The Morgan fingerprint density at radius 2 is 2.00 bits per heavy atom. The van der Waals surface area contributed by atoms with Gasteiger partial charge >= 0.3 is 0 Å². The molecule has 0 fully saturated rings. The smallest absolute Gasteiger partial charge is 0.224 e. The van der Waals surface area contributed by atoms with Gasteiger partial charge < -0.3 is 10.6 Å². The minimum absolute atomic E-state index is 0.213. The van der Waals surface area contributed by atoms with Crippen LogP contribution in [0.2, 0.25) is 0 Å². The molecule has 4 heteroatoms. The van der Waals surface area contributed by atoms with Crippen molar-refractivity contribution < 1.29 is 0 Å². The lowest BCUT2D eigenvalue weighted by Crippen LogP contribution is -2.11. The van der Waals surface area contributed by atoms with E-state index in [2.05, 4.69) is 65.6 Å². The van der Waals surface area contributed by atoms with Crippen molar-refractivity contribution in [2.24, 2.45) is 0 Å². The summed E-state index contributed by atoms with van der Waals surface area (Å²) in [6.07, 6.45) is 2.83. The second-order valence-electron chi connectivity index (χ2n) is 4.91. The second-order valence-corrected chi connectivity index (χ2v) is 4.91. The lowest BCUT2D eigenvalue weighted by Gasteiger charge is -2.17. The molecule has 0 saturated heterocycles. The minimum atomic E-state index is 0.213. The number of aromatic nitrogens is 2. The molecule has 0 saturated carbocycles. The van der Waals surface area contributed by atoms with Crippen LogP contribution >= 0.6 is 0 Å². The number of nitrogens with zero attached hydrogens (tertiary/aromatic N) is 2. The highest BCUT2D eigenvalue weighted by Gasteiger charge is 2.08. The van der Waals surface area contributed by atoms with Gasteiger partial charge in [0.1, 0.15) is 5.82 Å². The van der Waals surface area contributed by atoms with E-state index in [4.69, 9.17) is 0 Å². The van der Waals surface area contributed by atoms with Crippen molar-refractivity contribution in [1.82, 2.24) is 9.97 Å². The summed E-state index contributed by atoms with van der Waals surface area (Å²) in [7, 11) is 0. The third-order valence-electron chi connectivity index (χ3n) is 3.21. The van der Waals surface area contributed by atoms with Crippen molar-refractivity contribution in [2.45, 2.75) is 33.2 Å². The molecule has 2 N–H and O–H groups in total. The lowest BCUT2D eigenvalue weighted by atomic mass is 10.0. The summed E-state index contributed by atoms with van der Waals surface area (Å²) in [5.74, 6) is 1.52. The highest BCUT2D eigenvalue weighted by Crippen LogP contribution is 2.21. The molecule has 0 spiro atoms. The molecule has 0 radical (unpaired) electrons. The van der Waals surface area contributed by atoms with E-state index in [0.29, 0.717) is 5.95 Å². The van der Waals surface area contributed by atoms with E-state index < -0.39 is 0 Å². The van der Waals surface area contributed by atoms with Crippen molar-refractivity contribution in [3.8, 4) is 0 Å². The highest BCUT2D eigenvalue weighted by molar-refractivity contribution is 5.43. The molecular weight excluding hydrogens is 248 g/mol. The Morgan fingerprint density at radius 3 is 2.75 bits per heavy atom. The van der Waals surface area contributed by atoms with E-state index in [-0.39, 0.29) is 6.04 Å². The molecule has 2 rings (SSSR count). The zero-order valence-corrected chi connectivity index (χ0v) is 12.4. The van der Waals surface area contributed by atoms with Gasteiger partial charge in [-0.05, 0) is 37.5 Å². The van der Waals surface area contributed by atoms with Crippen LogP contribution in [0.5, 0.6) is 0 Å². The van der Waals surface area contributed by atoms with Gasteiger partial charge in [-0.3, -0.25) is 0 Å². The largest absolute Gasteiger partial charge is 0.363 e. The number of aryl methyl sites for hydroxylation is 1. The highest BCUT2D eigenvalue weighted by atomic mass is 15.1. The SMILES string of the molecule is CCCNc1nccc(NC(C)c2ccccc2C)n1. The Balaban J connectivity index is 2.08. The fourth-order valence-electron chi connectivity index (χ4n) is 2.13. The van der Waals surface area contributed by atoms with Gasteiger partial charge in [0.2, 0.25) is 5.95 Å². The molecule has 0 aliphatic heterocycles. The van der Waals surface area contributed by atoms with Crippen LogP contribution in [0.15, 0.2) is 36.5 Å². The van der Waals surface area contributed by atoms with E-state index in [0.717, 1.165) is 18.8 Å². The normalized spacial score (nSPS) is 11.9. The van der Waals surface area contributed by atoms with Gasteiger partial charge in [-0.2, -0.15) is 4.98 Å². The van der Waals surface area contributed by atoms with Crippen LogP contribution in [0.1, 0.15) is 37.4 Å². The molecule has 1 aromatic carbocycles. The number of hydrogen-bond acceptors (Lipinski definition) is 4. The van der Waals surface area contributed by atoms with Crippen molar-refractivity contribution >= 4 is 11.8 Å². The maximum atomic E-state index is 4.47. The van der Waals surface area contributed by atoms with E-state index in [9.17, 15) is 0 Å². The monoisotopic (exact) mass is 270 g/mol. The van der Waals surface area contributed by atoms with Crippen LogP contribution < -0.4 is 10.6 Å². The molecule has 1 unspecified atom stereocenters. The predicted octanol–water partition coefficient (Wildman–Crippen LogP) is 3.78. The number of anilines is 2. The fraction of sp³-hybridized carbons (Fsp3) is 0.375. The van der Waals surface area contributed by atoms with Gasteiger partial charge in [-0.15, -0.1) is 0 Å². The third kappa shape index (κ3) is 3.70. The molecule has 106 valence electrons. The summed E-state index contributed by atoms with van der Waals surface area (Å²) in [5, 5.41) is 6.62. The fourth-order valence-corrected chi connectivity index (χ4v) is 2.13. The van der Waals surface area contributed by atoms with Gasteiger partial charge in [0.05, 0.1) is 6.04 Å². The Hall–Kier alpha value is -2.10. The first-order valence-corrected chi connectivity index (χ1v) is 7.09. The average Bonchev–Trinajstić information content (AvgIpc) is 2.46. The summed E-state index contributed by atoms with van der Waals surface area (Å²) in [6, 6.07) is 10.5. The second kappa shape index (κ2) is 6.89. The zero-order chi connectivity index (χ0) is 14.4. The number of rotatable bonds is 6. The van der Waals surface area contributed by atoms with Crippen LogP contribution in [-0.4, -0.2) is 16.5 Å². The lowest BCUT2D eigenvalue weighted by molar-refractivity contribution is 0.861. The molecule has 0 aliphatic carbocycles. The third-order valence-corrected chi connectivity index (χ3v) is 3.21. The molecule has 0 aliphatic rings. The maximum absolute atomic E-state index is 4.47. The molecule has 1 heterocycles. The van der Waals surface area contributed by atoms with Crippen molar-refractivity contribution in [2.75, 3.05) is 17.2 Å². The van der Waals surface area contributed by atoms with E-state index in [1.54, 1.807) is 6.20 Å². The molecule has 1 atom stereocenters. The molecule has 0 bridgehead atoms. The van der Waals surface area contributed by atoms with E-state index >= 15 is 0 Å². The van der Waals surface area contributed by atoms with Crippen LogP contribution in [0.4, 0.5) is 11.8 Å². The Bertz CT molecular complexity index is 554. The number of benzene rings is 1. The summed E-state index contributed by atoms with van der Waals surface area (Å²) >= 11 is 0. The van der Waals surface area contributed by atoms with Gasteiger partial charge in [0.15, 0.2) is 0 Å². The minimum Gasteiger partial charge on any atom is -0.363 e. The number of nitrogens with one attached hydrogen (secondary N) is 2. The quantitative estimate of drug-likeness (QED) is 0.838. The van der Waals surface area contributed by atoms with E-state index in [1.807, 2.05) is 6.07 Å².